The van der Waals surface area contributed by atoms with Crippen LogP contribution in [0.25, 0.3) is 0 Å². The molecule has 1 rings (SSSR count). The number of nitrogens with zero attached hydrogens (tertiary/aromatic N) is 1. The van der Waals surface area contributed by atoms with Crippen LogP contribution in [-0.4, -0.2) is 23.0 Å². The lowest BCUT2D eigenvalue weighted by Gasteiger charge is -2.07. The third-order valence-electron chi connectivity index (χ3n) is 2.50. The molecule has 0 aliphatic heterocycles. The highest BCUT2D eigenvalue weighted by Gasteiger charge is 1.99. The highest BCUT2D eigenvalue weighted by Crippen LogP contribution is 2.05. The summed E-state index contributed by atoms with van der Waals surface area (Å²) < 4.78 is 0. The summed E-state index contributed by atoms with van der Waals surface area (Å²) in [6, 6.07) is 4.18. The van der Waals surface area contributed by atoms with Gasteiger partial charge in [0.05, 0.1) is 5.69 Å². The van der Waals surface area contributed by atoms with Gasteiger partial charge < -0.3 is 5.32 Å². The third-order valence-corrected chi connectivity index (χ3v) is 3.49. The molecule has 16 heavy (non-hydrogen) atoms. The maximum Gasteiger partial charge on any atom is 0.0573 e. The van der Waals surface area contributed by atoms with Gasteiger partial charge in [0, 0.05) is 12.7 Å². The first kappa shape index (κ1) is 13.5. The summed E-state index contributed by atoms with van der Waals surface area (Å²) in [7, 11) is 0. The largest absolute Gasteiger partial charge is 0.311 e. The molecular weight excluding hydrogens is 216 g/mol. The molecule has 0 aromatic carbocycles. The van der Waals surface area contributed by atoms with Crippen LogP contribution in [0.5, 0.6) is 0 Å². The number of aromatic nitrogens is 1. The fourth-order valence-corrected chi connectivity index (χ4v) is 2.24. The van der Waals surface area contributed by atoms with Crippen LogP contribution in [0.4, 0.5) is 0 Å². The topological polar surface area (TPSA) is 24.9 Å². The van der Waals surface area contributed by atoms with Gasteiger partial charge in [0.2, 0.25) is 0 Å². The Hall–Kier alpha value is -0.540. The van der Waals surface area contributed by atoms with Crippen LogP contribution in [-0.2, 0) is 13.0 Å². The normalized spacial score (nSPS) is 10.6. The van der Waals surface area contributed by atoms with Crippen molar-refractivity contribution in [3.63, 3.8) is 0 Å². The molecule has 0 radical (unpaired) electrons. The van der Waals surface area contributed by atoms with Gasteiger partial charge >= 0.3 is 0 Å². The second-order valence-corrected chi connectivity index (χ2v) is 5.08. The van der Waals surface area contributed by atoms with Crippen molar-refractivity contribution in [1.82, 2.24) is 10.3 Å². The van der Waals surface area contributed by atoms with Gasteiger partial charge in [-0.3, -0.25) is 4.98 Å². The zero-order valence-electron chi connectivity index (χ0n) is 10.3. The number of pyridine rings is 1. The number of rotatable bonds is 8. The average molecular weight is 238 g/mol. The molecule has 0 atom stereocenters. The Labute approximate surface area is 103 Å². The van der Waals surface area contributed by atoms with Gasteiger partial charge in [-0.05, 0) is 42.5 Å². The van der Waals surface area contributed by atoms with Gasteiger partial charge in [0.25, 0.3) is 0 Å². The molecule has 0 saturated heterocycles. The van der Waals surface area contributed by atoms with Crippen LogP contribution >= 0.6 is 11.8 Å². The monoisotopic (exact) mass is 238 g/mol. The quantitative estimate of drug-likeness (QED) is 0.705. The number of hydrogen-bond donors (Lipinski definition) is 1. The predicted octanol–water partition coefficient (Wildman–Crippen LogP) is 2.88. The van der Waals surface area contributed by atoms with Gasteiger partial charge in [-0.15, -0.1) is 0 Å². The Morgan fingerprint density at radius 2 is 2.25 bits per heavy atom. The lowest BCUT2D eigenvalue weighted by molar-refractivity contribution is 0.662. The minimum absolute atomic E-state index is 0.904. The molecule has 0 amide bonds. The molecule has 2 nitrogen and oxygen atoms in total. The lowest BCUT2D eigenvalue weighted by Crippen LogP contribution is -2.17. The first-order chi connectivity index (χ1) is 7.88. The van der Waals surface area contributed by atoms with Gasteiger partial charge in [-0.2, -0.15) is 11.8 Å². The Morgan fingerprint density at radius 1 is 1.38 bits per heavy atom. The second kappa shape index (κ2) is 8.59. The molecule has 90 valence electrons. The molecule has 0 unspecified atom stereocenters. The van der Waals surface area contributed by atoms with Crippen LogP contribution in [0.1, 0.15) is 31.5 Å². The molecule has 0 spiro atoms. The zero-order chi connectivity index (χ0) is 11.6. The summed E-state index contributed by atoms with van der Waals surface area (Å²) in [5, 5.41) is 3.46. The van der Waals surface area contributed by atoms with E-state index < -0.39 is 0 Å². The van der Waals surface area contributed by atoms with Crippen molar-refractivity contribution in [2.45, 2.75) is 33.2 Å². The zero-order valence-corrected chi connectivity index (χ0v) is 11.1. The van der Waals surface area contributed by atoms with E-state index in [-0.39, 0.29) is 0 Å². The van der Waals surface area contributed by atoms with E-state index in [1.54, 1.807) is 0 Å². The second-order valence-electron chi connectivity index (χ2n) is 3.69. The molecule has 1 aromatic heterocycles. The summed E-state index contributed by atoms with van der Waals surface area (Å²) in [4.78, 5) is 4.42. The van der Waals surface area contributed by atoms with E-state index in [4.69, 9.17) is 0 Å². The molecule has 1 heterocycles. The van der Waals surface area contributed by atoms with Crippen LogP contribution in [0.3, 0.4) is 0 Å². The maximum absolute atomic E-state index is 4.42. The molecule has 0 saturated carbocycles. The van der Waals surface area contributed by atoms with Gasteiger partial charge in [0.1, 0.15) is 0 Å². The molecule has 0 bridgehead atoms. The van der Waals surface area contributed by atoms with Crippen molar-refractivity contribution in [3.05, 3.63) is 29.6 Å². The minimum atomic E-state index is 0.904. The van der Waals surface area contributed by atoms with Crippen molar-refractivity contribution in [3.8, 4) is 0 Å². The first-order valence-electron chi connectivity index (χ1n) is 6.09. The molecule has 0 aliphatic carbocycles. The van der Waals surface area contributed by atoms with Gasteiger partial charge in [-0.25, -0.2) is 0 Å². The van der Waals surface area contributed by atoms with Gasteiger partial charge in [0.15, 0.2) is 0 Å². The average Bonchev–Trinajstić information content (AvgIpc) is 2.34. The van der Waals surface area contributed by atoms with E-state index >= 15 is 0 Å². The highest BCUT2D eigenvalue weighted by atomic mass is 32.2. The van der Waals surface area contributed by atoms with Crippen LogP contribution in [0, 0.1) is 0 Å². The smallest absolute Gasteiger partial charge is 0.0573 e. The van der Waals surface area contributed by atoms with Crippen molar-refractivity contribution >= 4 is 11.8 Å². The van der Waals surface area contributed by atoms with Crippen molar-refractivity contribution < 1.29 is 0 Å². The number of nitrogens with one attached hydrogen (secondary N) is 1. The SMILES string of the molecule is CCSCCCNCc1ncccc1CC. The molecule has 0 aliphatic rings. The highest BCUT2D eigenvalue weighted by molar-refractivity contribution is 7.99. The molecule has 1 N–H and O–H groups in total. The maximum atomic E-state index is 4.42. The van der Waals surface area contributed by atoms with Crippen molar-refractivity contribution in [2.24, 2.45) is 0 Å². The number of aryl methyl sites for hydroxylation is 1. The molecule has 1 aromatic rings. The summed E-state index contributed by atoms with van der Waals surface area (Å²) in [6.45, 7) is 6.38. The Kier molecular flexibility index (Phi) is 7.26. The predicted molar refractivity (Wildman–Crippen MR) is 72.9 cm³/mol. The Bertz CT molecular complexity index is 289. The van der Waals surface area contributed by atoms with E-state index in [1.165, 1.54) is 29.2 Å². The minimum Gasteiger partial charge on any atom is -0.311 e. The van der Waals surface area contributed by atoms with E-state index in [2.05, 4.69) is 30.2 Å². The fraction of sp³-hybridized carbons (Fsp3) is 0.615. The van der Waals surface area contributed by atoms with Crippen molar-refractivity contribution in [2.75, 3.05) is 18.1 Å². The summed E-state index contributed by atoms with van der Waals surface area (Å²) in [5.74, 6) is 2.48. The van der Waals surface area contributed by atoms with E-state index in [0.29, 0.717) is 0 Å². The van der Waals surface area contributed by atoms with E-state index in [0.717, 1.165) is 19.5 Å². The van der Waals surface area contributed by atoms with Crippen LogP contribution in [0.15, 0.2) is 18.3 Å². The lowest BCUT2D eigenvalue weighted by atomic mass is 10.1. The van der Waals surface area contributed by atoms with Crippen LogP contribution in [0.2, 0.25) is 0 Å². The number of thioether (sulfide) groups is 1. The summed E-state index contributed by atoms with van der Waals surface area (Å²) in [6.07, 6.45) is 4.19. The standard InChI is InChI=1S/C13H22N2S/c1-3-12-7-5-9-15-13(12)11-14-8-6-10-16-4-2/h5,7,9,14H,3-4,6,8,10-11H2,1-2H3. The molecule has 3 heteroatoms. The van der Waals surface area contributed by atoms with Crippen molar-refractivity contribution in [1.29, 1.82) is 0 Å². The molecule has 0 fully saturated rings. The third kappa shape index (κ3) is 4.99. The Balaban J connectivity index is 2.21. The van der Waals surface area contributed by atoms with Gasteiger partial charge in [-0.1, -0.05) is 19.9 Å². The first-order valence-corrected chi connectivity index (χ1v) is 7.25. The van der Waals surface area contributed by atoms with E-state index in [1.807, 2.05) is 24.0 Å². The number of hydrogen-bond acceptors (Lipinski definition) is 3. The fourth-order valence-electron chi connectivity index (χ4n) is 1.60. The Morgan fingerprint density at radius 3 is 3.00 bits per heavy atom. The van der Waals surface area contributed by atoms with Crippen LogP contribution < -0.4 is 5.32 Å². The summed E-state index contributed by atoms with van der Waals surface area (Å²) >= 11 is 2.01. The molecular formula is C13H22N2S. The summed E-state index contributed by atoms with van der Waals surface area (Å²) in [5.41, 5.74) is 2.56. The van der Waals surface area contributed by atoms with E-state index in [9.17, 15) is 0 Å².